The molecule has 1 aromatic carbocycles. The molecule has 0 radical (unpaired) electrons. The molecule has 0 aliphatic carbocycles. The minimum atomic E-state index is -4.69. The second-order valence-electron chi connectivity index (χ2n) is 2.62. The molecule has 1 heterocycles. The second kappa shape index (κ2) is 5.01. The maximum Gasteiger partial charge on any atom is 0.0777 e. The molecule has 15 heavy (non-hydrogen) atoms. The number of fused-ring (bicyclic) bond motifs is 1. The molecule has 2 aromatic rings. The van der Waals surface area contributed by atoms with E-state index in [-0.39, 0.29) is 0 Å². The van der Waals surface area contributed by atoms with Crippen molar-refractivity contribution in [1.29, 1.82) is 0 Å². The molecule has 1 aromatic heterocycles. The van der Waals surface area contributed by atoms with Gasteiger partial charge in [-0.1, -0.05) is 24.3 Å². The van der Waals surface area contributed by atoms with Gasteiger partial charge in [0.25, 0.3) is 0 Å². The molecule has 0 unspecified atom stereocenters. The number of nitrogens with zero attached hydrogens (tertiary/aromatic N) is 1. The summed E-state index contributed by atoms with van der Waals surface area (Å²) in [5, 5.41) is 2.45. The number of aromatic nitrogens is 1. The van der Waals surface area contributed by atoms with E-state index in [0.29, 0.717) is 0 Å². The van der Waals surface area contributed by atoms with Crippen molar-refractivity contribution in [2.45, 2.75) is 0 Å². The lowest BCUT2D eigenvalue weighted by molar-refractivity contribution is -1.92. The number of hydrogen-bond donors (Lipinski definition) is 1. The predicted molar refractivity (Wildman–Crippen MR) is 44.0 cm³/mol. The van der Waals surface area contributed by atoms with Crippen LogP contribution >= 0.6 is 0 Å². The van der Waals surface area contributed by atoms with Gasteiger partial charge in [0, 0.05) is 12.4 Å². The van der Waals surface area contributed by atoms with Crippen LogP contribution in [0.1, 0.15) is 0 Å². The SMILES string of the molecule is [O-][Cl+3]([O-])([O-])O.c1ccc2cnccc2c1. The minimum absolute atomic E-state index is 1.20. The molecule has 0 aliphatic heterocycles. The first kappa shape index (κ1) is 11.8. The monoisotopic (exact) mass is 229 g/mol. The number of rotatable bonds is 0. The smallest absolute Gasteiger partial charge is 0.0777 e. The molecule has 0 aliphatic rings. The standard InChI is InChI=1S/C9H7N.ClHO4/c1-2-4-9-7-10-6-5-8(9)3-1;2-1(3,4)5/h1-7H;(H,2,3,4,5). The molecular formula is C9H8ClNO4. The Morgan fingerprint density at radius 2 is 1.53 bits per heavy atom. The lowest BCUT2D eigenvalue weighted by Gasteiger charge is -2.03. The Morgan fingerprint density at radius 1 is 1.00 bits per heavy atom. The van der Waals surface area contributed by atoms with Gasteiger partial charge in [0.1, 0.15) is 0 Å². The number of pyridine rings is 1. The van der Waals surface area contributed by atoms with Crippen LogP contribution in [0.2, 0.25) is 0 Å². The summed E-state index contributed by atoms with van der Waals surface area (Å²) in [6.07, 6.45) is 3.68. The fourth-order valence-corrected chi connectivity index (χ4v) is 1.03. The van der Waals surface area contributed by atoms with Gasteiger partial charge in [-0.05, 0) is 16.8 Å². The highest BCUT2D eigenvalue weighted by Gasteiger charge is 1.98. The van der Waals surface area contributed by atoms with Gasteiger partial charge < -0.3 is 0 Å². The first-order valence-electron chi connectivity index (χ1n) is 3.89. The number of hydrogen-bond acceptors (Lipinski definition) is 5. The maximum absolute atomic E-state index is 8.60. The van der Waals surface area contributed by atoms with Crippen LogP contribution in [-0.4, -0.2) is 9.64 Å². The summed E-state index contributed by atoms with van der Waals surface area (Å²) in [6, 6.07) is 10.2. The van der Waals surface area contributed by atoms with Crippen molar-refractivity contribution in [3.63, 3.8) is 0 Å². The van der Waals surface area contributed by atoms with E-state index in [9.17, 15) is 0 Å². The van der Waals surface area contributed by atoms with Gasteiger partial charge in [0.15, 0.2) is 0 Å². The molecule has 0 amide bonds. The molecule has 80 valence electrons. The van der Waals surface area contributed by atoms with E-state index in [1.807, 2.05) is 30.6 Å². The van der Waals surface area contributed by atoms with E-state index in [0.717, 1.165) is 0 Å². The highest BCUT2D eigenvalue weighted by atomic mass is 35.7. The van der Waals surface area contributed by atoms with Crippen LogP contribution < -0.4 is 14.0 Å². The second-order valence-corrected chi connectivity index (χ2v) is 3.41. The van der Waals surface area contributed by atoms with Crippen molar-refractivity contribution < 1.29 is 28.9 Å². The zero-order chi connectivity index (χ0) is 11.3. The van der Waals surface area contributed by atoms with Crippen LogP contribution in [0.4, 0.5) is 0 Å². The fourth-order valence-electron chi connectivity index (χ4n) is 1.03. The Balaban J connectivity index is 0.000000195. The highest BCUT2D eigenvalue weighted by Crippen LogP contribution is 2.09. The summed E-state index contributed by atoms with van der Waals surface area (Å²) >= 11 is 0. The summed E-state index contributed by atoms with van der Waals surface area (Å²) in [5.41, 5.74) is 0. The molecule has 0 fully saturated rings. The van der Waals surface area contributed by atoms with Gasteiger partial charge in [-0.25, -0.2) is 0 Å². The zero-order valence-corrected chi connectivity index (χ0v) is 8.29. The molecule has 5 nitrogen and oxygen atoms in total. The summed E-state index contributed by atoms with van der Waals surface area (Å²) in [4.78, 5) is 4.01. The largest absolute Gasteiger partial charge is 0.264 e. The normalized spacial score (nSPS) is 10.7. The molecule has 0 bridgehead atoms. The Bertz CT molecular complexity index is 358. The summed E-state index contributed by atoms with van der Waals surface area (Å²) in [7, 11) is -4.69. The number of halogens is 1. The zero-order valence-electron chi connectivity index (χ0n) is 7.54. The molecule has 2 rings (SSSR count). The molecular weight excluding hydrogens is 222 g/mol. The van der Waals surface area contributed by atoms with Crippen LogP contribution in [0.15, 0.2) is 42.7 Å². The average molecular weight is 230 g/mol. The van der Waals surface area contributed by atoms with Gasteiger partial charge in [-0.3, -0.25) is 4.98 Å². The van der Waals surface area contributed by atoms with Gasteiger partial charge in [-0.15, -0.1) is 0 Å². The van der Waals surface area contributed by atoms with Crippen molar-refractivity contribution >= 4 is 10.8 Å². The summed E-state index contributed by atoms with van der Waals surface area (Å²) in [6.45, 7) is 0. The van der Waals surface area contributed by atoms with Crippen LogP contribution in [0.25, 0.3) is 10.8 Å². The van der Waals surface area contributed by atoms with Crippen molar-refractivity contribution in [3.8, 4) is 0 Å². The van der Waals surface area contributed by atoms with Crippen LogP contribution in [0, 0.1) is 10.2 Å². The Kier molecular flexibility index (Phi) is 3.96. The van der Waals surface area contributed by atoms with Crippen molar-refractivity contribution in [1.82, 2.24) is 4.98 Å². The Hall–Kier alpha value is -1.24. The molecule has 1 N–H and O–H groups in total. The van der Waals surface area contributed by atoms with Crippen molar-refractivity contribution in [3.05, 3.63) is 42.7 Å². The summed E-state index contributed by atoms with van der Waals surface area (Å²) in [5.74, 6) is 0. The Morgan fingerprint density at radius 3 is 2.07 bits per heavy atom. The van der Waals surface area contributed by atoms with Gasteiger partial charge in [0.05, 0.1) is 14.9 Å². The van der Waals surface area contributed by atoms with Crippen molar-refractivity contribution in [2.24, 2.45) is 0 Å². The third-order valence-corrected chi connectivity index (χ3v) is 1.55. The van der Waals surface area contributed by atoms with Gasteiger partial charge in [0.2, 0.25) is 0 Å². The molecule has 0 saturated carbocycles. The van der Waals surface area contributed by atoms with E-state index in [4.69, 9.17) is 18.6 Å². The molecule has 6 heteroatoms. The van der Waals surface area contributed by atoms with Gasteiger partial charge >= 0.3 is 0 Å². The lowest BCUT2D eigenvalue weighted by atomic mass is 10.2. The van der Waals surface area contributed by atoms with E-state index in [1.54, 1.807) is 0 Å². The highest BCUT2D eigenvalue weighted by molar-refractivity contribution is 5.80. The van der Waals surface area contributed by atoms with Crippen molar-refractivity contribution in [2.75, 3.05) is 0 Å². The van der Waals surface area contributed by atoms with E-state index in [1.165, 1.54) is 10.8 Å². The van der Waals surface area contributed by atoms with E-state index >= 15 is 0 Å². The van der Waals surface area contributed by atoms with Crippen LogP contribution in [0.3, 0.4) is 0 Å². The maximum atomic E-state index is 8.60. The van der Waals surface area contributed by atoms with Gasteiger partial charge in [-0.2, -0.15) is 14.0 Å². The molecule has 0 saturated heterocycles. The predicted octanol–water partition coefficient (Wildman–Crippen LogP) is -1.89. The topological polar surface area (TPSA) is 102 Å². The van der Waals surface area contributed by atoms with E-state index < -0.39 is 10.2 Å². The fraction of sp³-hybridized carbons (Fsp3) is 0. The average Bonchev–Trinajstić information content (AvgIpc) is 2.16. The van der Waals surface area contributed by atoms with E-state index in [2.05, 4.69) is 17.1 Å². The number of benzene rings is 1. The first-order valence-corrected chi connectivity index (χ1v) is 5.15. The quantitative estimate of drug-likeness (QED) is 0.569. The lowest BCUT2D eigenvalue weighted by Crippen LogP contribution is -2.58. The third-order valence-electron chi connectivity index (χ3n) is 1.55. The Labute approximate surface area is 88.0 Å². The molecule has 0 spiro atoms. The van der Waals surface area contributed by atoms with Crippen LogP contribution in [0.5, 0.6) is 0 Å². The molecule has 0 atom stereocenters. The third kappa shape index (κ3) is 5.26. The summed E-state index contributed by atoms with van der Waals surface area (Å²) < 4.78 is 32.7. The van der Waals surface area contributed by atoms with Crippen LogP contribution in [-0.2, 0) is 0 Å². The minimum Gasteiger partial charge on any atom is -0.264 e. The first-order chi connectivity index (χ1) is 6.97.